The Hall–Kier alpha value is -2.70. The molecular weight excluding hydrogens is 340 g/mol. The van der Waals surface area contributed by atoms with Crippen LogP contribution in [-0.2, 0) is 0 Å². The third-order valence-corrected chi connectivity index (χ3v) is 5.39. The van der Waals surface area contributed by atoms with Gasteiger partial charge in [0.15, 0.2) is 5.69 Å². The van der Waals surface area contributed by atoms with E-state index in [1.54, 1.807) is 6.20 Å². The van der Waals surface area contributed by atoms with Gasteiger partial charge in [-0.05, 0) is 43.9 Å². The van der Waals surface area contributed by atoms with Crippen LogP contribution < -0.4 is 5.32 Å². The second kappa shape index (κ2) is 7.50. The lowest BCUT2D eigenvalue weighted by molar-refractivity contribution is 0.0928. The number of benzene rings is 1. The lowest BCUT2D eigenvalue weighted by Gasteiger charge is -2.20. The fraction of sp³-hybridized carbons (Fsp3) is 0.500. The second-order valence-corrected chi connectivity index (χ2v) is 7.45. The zero-order valence-corrected chi connectivity index (χ0v) is 15.9. The molecule has 0 bridgehead atoms. The maximum Gasteiger partial charge on any atom is 0.274 e. The highest BCUT2D eigenvalue weighted by Gasteiger charge is 2.22. The molecule has 1 aromatic carbocycles. The minimum atomic E-state index is -0.208. The van der Waals surface area contributed by atoms with Gasteiger partial charge in [0.25, 0.3) is 5.91 Å². The predicted molar refractivity (Wildman–Crippen MR) is 103 cm³/mol. The third kappa shape index (κ3) is 3.72. The Morgan fingerprint density at radius 3 is 2.93 bits per heavy atom. The van der Waals surface area contributed by atoms with Crippen LogP contribution in [-0.4, -0.2) is 30.9 Å². The molecule has 7 heteroatoms. The summed E-state index contributed by atoms with van der Waals surface area (Å²) in [5, 5.41) is 11.3. The molecule has 0 radical (unpaired) electrons. The number of fused-ring (bicyclic) bond motifs is 1. The number of rotatable bonds is 5. The van der Waals surface area contributed by atoms with Crippen LogP contribution in [0, 0.1) is 6.92 Å². The van der Waals surface area contributed by atoms with Gasteiger partial charge >= 0.3 is 0 Å². The smallest absolute Gasteiger partial charge is 0.274 e. The molecule has 1 fully saturated rings. The van der Waals surface area contributed by atoms with Crippen molar-refractivity contribution < 1.29 is 4.79 Å². The van der Waals surface area contributed by atoms with E-state index >= 15 is 0 Å². The Labute approximate surface area is 158 Å². The second-order valence-electron chi connectivity index (χ2n) is 7.45. The summed E-state index contributed by atoms with van der Waals surface area (Å²) in [6.45, 7) is 4.08. The Morgan fingerprint density at radius 2 is 2.15 bits per heavy atom. The molecule has 142 valence electrons. The fourth-order valence-electron chi connectivity index (χ4n) is 3.81. The first-order valence-corrected chi connectivity index (χ1v) is 9.83. The first-order valence-electron chi connectivity index (χ1n) is 9.83. The van der Waals surface area contributed by atoms with E-state index in [1.807, 2.05) is 23.7 Å². The Morgan fingerprint density at radius 1 is 1.33 bits per heavy atom. The van der Waals surface area contributed by atoms with Crippen molar-refractivity contribution in [2.24, 2.45) is 0 Å². The number of carbonyl (C=O) groups excluding carboxylic acids is 1. The number of imidazole rings is 1. The summed E-state index contributed by atoms with van der Waals surface area (Å²) in [5.74, 6) is 0.562. The number of amides is 1. The van der Waals surface area contributed by atoms with Crippen molar-refractivity contribution in [2.45, 2.75) is 64.5 Å². The number of nitrogens with one attached hydrogen (secondary N) is 2. The van der Waals surface area contributed by atoms with Crippen LogP contribution in [0.3, 0.4) is 0 Å². The van der Waals surface area contributed by atoms with Gasteiger partial charge in [0.2, 0.25) is 0 Å². The van der Waals surface area contributed by atoms with Crippen LogP contribution >= 0.6 is 0 Å². The largest absolute Gasteiger partial charge is 0.341 e. The zero-order valence-electron chi connectivity index (χ0n) is 15.9. The Balaban J connectivity index is 1.49. The normalized spacial score (nSPS) is 16.5. The van der Waals surface area contributed by atoms with Crippen molar-refractivity contribution in [3.63, 3.8) is 0 Å². The summed E-state index contributed by atoms with van der Waals surface area (Å²) < 4.78 is 1.86. The lowest BCUT2D eigenvalue weighted by Crippen LogP contribution is -2.29. The summed E-state index contributed by atoms with van der Waals surface area (Å²) >= 11 is 0. The van der Waals surface area contributed by atoms with Crippen molar-refractivity contribution in [3.8, 4) is 0 Å². The topological polar surface area (TPSA) is 88.5 Å². The first kappa shape index (κ1) is 17.7. The lowest BCUT2D eigenvalue weighted by atomic mass is 9.96. The molecule has 3 aromatic rings. The number of aryl methyl sites for hydroxylation is 1. The van der Waals surface area contributed by atoms with E-state index in [1.165, 1.54) is 24.8 Å². The molecule has 1 aliphatic carbocycles. The van der Waals surface area contributed by atoms with Gasteiger partial charge in [-0.25, -0.2) is 9.67 Å². The highest BCUT2D eigenvalue weighted by Crippen LogP contribution is 2.27. The average Bonchev–Trinajstić information content (AvgIpc) is 3.33. The van der Waals surface area contributed by atoms with Gasteiger partial charge in [0, 0.05) is 0 Å². The molecule has 2 aromatic heterocycles. The van der Waals surface area contributed by atoms with Crippen LogP contribution in [0.25, 0.3) is 11.0 Å². The minimum Gasteiger partial charge on any atom is -0.341 e. The monoisotopic (exact) mass is 366 g/mol. The highest BCUT2D eigenvalue weighted by molar-refractivity contribution is 5.92. The molecule has 0 aliphatic heterocycles. The summed E-state index contributed by atoms with van der Waals surface area (Å²) in [6, 6.07) is 6.28. The number of carbonyl (C=O) groups is 1. The van der Waals surface area contributed by atoms with Gasteiger partial charge in [-0.1, -0.05) is 37.5 Å². The quantitative estimate of drug-likeness (QED) is 0.718. The fourth-order valence-corrected chi connectivity index (χ4v) is 3.81. The minimum absolute atomic E-state index is 0.190. The molecule has 1 saturated carbocycles. The van der Waals surface area contributed by atoms with Crippen LogP contribution in [0.5, 0.6) is 0 Å². The van der Waals surface area contributed by atoms with Gasteiger partial charge in [0.1, 0.15) is 5.82 Å². The van der Waals surface area contributed by atoms with Gasteiger partial charge in [0.05, 0.1) is 29.3 Å². The number of aromatic nitrogens is 5. The van der Waals surface area contributed by atoms with Crippen LogP contribution in [0.2, 0.25) is 0 Å². The summed E-state index contributed by atoms with van der Waals surface area (Å²) in [6.07, 6.45) is 8.46. The van der Waals surface area contributed by atoms with Gasteiger partial charge in [-0.3, -0.25) is 4.79 Å². The van der Waals surface area contributed by atoms with E-state index in [-0.39, 0.29) is 11.9 Å². The van der Waals surface area contributed by atoms with E-state index in [4.69, 9.17) is 0 Å². The first-order chi connectivity index (χ1) is 13.1. The molecule has 1 unspecified atom stereocenters. The SMILES string of the molecule is CCC(NC(=O)c1cn(C2CCCCC2)nn1)c1nc2ccc(C)cc2[nH]1. The number of H-pyrrole nitrogens is 1. The van der Waals surface area contributed by atoms with E-state index in [2.05, 4.69) is 38.6 Å². The van der Waals surface area contributed by atoms with E-state index in [0.717, 1.165) is 36.1 Å². The Bertz CT molecular complexity index is 937. The average molecular weight is 366 g/mol. The van der Waals surface area contributed by atoms with Crippen LogP contribution in [0.4, 0.5) is 0 Å². The van der Waals surface area contributed by atoms with Gasteiger partial charge in [-0.15, -0.1) is 5.10 Å². The molecule has 1 amide bonds. The number of aromatic amines is 1. The standard InChI is InChI=1S/C20H26N6O/c1-3-15(19-21-16-10-9-13(2)11-17(16)22-19)23-20(27)18-12-26(25-24-18)14-7-5-4-6-8-14/h9-12,14-15H,3-8H2,1-2H3,(H,21,22)(H,23,27). The predicted octanol–water partition coefficient (Wildman–Crippen LogP) is 3.85. The molecule has 1 atom stereocenters. The molecule has 0 spiro atoms. The molecule has 0 saturated heterocycles. The number of nitrogens with zero attached hydrogens (tertiary/aromatic N) is 4. The van der Waals surface area contributed by atoms with Gasteiger partial charge < -0.3 is 10.3 Å². The van der Waals surface area contributed by atoms with Crippen molar-refractivity contribution in [2.75, 3.05) is 0 Å². The van der Waals surface area contributed by atoms with E-state index < -0.39 is 0 Å². The maximum absolute atomic E-state index is 12.7. The van der Waals surface area contributed by atoms with Crippen molar-refractivity contribution in [1.29, 1.82) is 0 Å². The van der Waals surface area contributed by atoms with Crippen molar-refractivity contribution >= 4 is 16.9 Å². The van der Waals surface area contributed by atoms with Crippen LogP contribution in [0.1, 0.15) is 79.4 Å². The van der Waals surface area contributed by atoms with Gasteiger partial charge in [-0.2, -0.15) is 0 Å². The number of hydrogen-bond donors (Lipinski definition) is 2. The molecule has 1 aliphatic rings. The Kier molecular flexibility index (Phi) is 4.92. The molecular formula is C20H26N6O. The van der Waals surface area contributed by atoms with E-state index in [9.17, 15) is 4.79 Å². The van der Waals surface area contributed by atoms with Crippen molar-refractivity contribution in [1.82, 2.24) is 30.3 Å². The molecule has 7 nitrogen and oxygen atoms in total. The molecule has 27 heavy (non-hydrogen) atoms. The maximum atomic E-state index is 12.7. The highest BCUT2D eigenvalue weighted by atomic mass is 16.2. The third-order valence-electron chi connectivity index (χ3n) is 5.39. The number of hydrogen-bond acceptors (Lipinski definition) is 4. The zero-order chi connectivity index (χ0) is 18.8. The summed E-state index contributed by atoms with van der Waals surface area (Å²) in [4.78, 5) is 20.7. The van der Waals surface area contributed by atoms with Crippen LogP contribution in [0.15, 0.2) is 24.4 Å². The molecule has 2 heterocycles. The molecule has 2 N–H and O–H groups in total. The summed E-state index contributed by atoms with van der Waals surface area (Å²) in [5.41, 5.74) is 3.44. The van der Waals surface area contributed by atoms with E-state index in [0.29, 0.717) is 11.7 Å². The molecule has 4 rings (SSSR count). The van der Waals surface area contributed by atoms with Crippen molar-refractivity contribution in [3.05, 3.63) is 41.5 Å². The summed E-state index contributed by atoms with van der Waals surface area (Å²) in [7, 11) is 0.